The summed E-state index contributed by atoms with van der Waals surface area (Å²) in [6.07, 6.45) is 0. The molecule has 0 amide bonds. The van der Waals surface area contributed by atoms with Gasteiger partial charge in [0.2, 0.25) is 0 Å². The first kappa shape index (κ1) is 15.5. The Morgan fingerprint density at radius 3 is 2.19 bits per heavy atom. The van der Waals surface area contributed by atoms with Gasteiger partial charge in [0.05, 0.1) is 4.83 Å². The van der Waals surface area contributed by atoms with Gasteiger partial charge < -0.3 is 0 Å². The van der Waals surface area contributed by atoms with Crippen LogP contribution >= 0.6 is 59.4 Å². The van der Waals surface area contributed by atoms with Crippen molar-refractivity contribution in [3.05, 3.63) is 79.7 Å². The summed E-state index contributed by atoms with van der Waals surface area (Å²) in [6.45, 7) is 0. The van der Waals surface area contributed by atoms with Crippen molar-refractivity contribution >= 4 is 70.2 Å². The normalized spacial score (nSPS) is 12.6. The third-order valence-electron chi connectivity index (χ3n) is 3.41. The third-order valence-corrected chi connectivity index (χ3v) is 5.91. The standard InChI is InChI=1S/C17H10Br3Cl/c18-10-5-6-14(16(21)9-10)17(20)13-7-8-15(19)12-4-2-1-3-11(12)13/h1-9,17H. The van der Waals surface area contributed by atoms with Crippen LogP contribution in [-0.2, 0) is 0 Å². The second kappa shape index (κ2) is 6.41. The van der Waals surface area contributed by atoms with Gasteiger partial charge in [-0.15, -0.1) is 0 Å². The van der Waals surface area contributed by atoms with Crippen LogP contribution in [-0.4, -0.2) is 0 Å². The van der Waals surface area contributed by atoms with Crippen LogP contribution in [0.4, 0.5) is 0 Å². The summed E-state index contributed by atoms with van der Waals surface area (Å²) in [7, 11) is 0. The van der Waals surface area contributed by atoms with Crippen molar-refractivity contribution in [3.63, 3.8) is 0 Å². The summed E-state index contributed by atoms with van der Waals surface area (Å²) < 4.78 is 2.08. The van der Waals surface area contributed by atoms with Crippen molar-refractivity contribution in [1.29, 1.82) is 0 Å². The molecular weight excluding hydrogens is 479 g/mol. The maximum absolute atomic E-state index is 6.39. The number of fused-ring (bicyclic) bond motifs is 1. The Morgan fingerprint density at radius 2 is 1.48 bits per heavy atom. The quantitative estimate of drug-likeness (QED) is 0.327. The summed E-state index contributed by atoms with van der Waals surface area (Å²) in [6, 6.07) is 18.5. The molecular formula is C17H10Br3Cl. The molecule has 0 radical (unpaired) electrons. The van der Waals surface area contributed by atoms with Crippen LogP contribution < -0.4 is 0 Å². The molecule has 1 unspecified atom stereocenters. The van der Waals surface area contributed by atoms with Gasteiger partial charge in [0.1, 0.15) is 0 Å². The van der Waals surface area contributed by atoms with Gasteiger partial charge in [0.25, 0.3) is 0 Å². The molecule has 3 aromatic carbocycles. The Kier molecular flexibility index (Phi) is 4.75. The lowest BCUT2D eigenvalue weighted by atomic mass is 9.98. The predicted molar refractivity (Wildman–Crippen MR) is 102 cm³/mol. The van der Waals surface area contributed by atoms with Crippen molar-refractivity contribution in [2.45, 2.75) is 4.83 Å². The van der Waals surface area contributed by atoms with Crippen LogP contribution in [0.3, 0.4) is 0 Å². The molecule has 1 atom stereocenters. The lowest BCUT2D eigenvalue weighted by Gasteiger charge is -2.16. The molecule has 0 aliphatic rings. The minimum atomic E-state index is 0.0519. The summed E-state index contributed by atoms with van der Waals surface area (Å²) in [5.74, 6) is 0. The fraction of sp³-hybridized carbons (Fsp3) is 0.0588. The highest BCUT2D eigenvalue weighted by atomic mass is 79.9. The molecule has 0 heterocycles. The van der Waals surface area contributed by atoms with Crippen LogP contribution in [0.5, 0.6) is 0 Å². The Labute approximate surface area is 153 Å². The van der Waals surface area contributed by atoms with E-state index in [9.17, 15) is 0 Å². The van der Waals surface area contributed by atoms with Crippen molar-refractivity contribution in [2.75, 3.05) is 0 Å². The number of rotatable bonds is 2. The van der Waals surface area contributed by atoms with Gasteiger partial charge in [0.15, 0.2) is 0 Å². The molecule has 0 aromatic heterocycles. The zero-order valence-corrected chi connectivity index (χ0v) is 16.3. The Balaban J connectivity index is 2.18. The zero-order chi connectivity index (χ0) is 15.0. The van der Waals surface area contributed by atoms with Crippen molar-refractivity contribution in [3.8, 4) is 0 Å². The molecule has 0 spiro atoms. The van der Waals surface area contributed by atoms with E-state index in [1.807, 2.05) is 24.3 Å². The highest BCUT2D eigenvalue weighted by Crippen LogP contribution is 2.40. The van der Waals surface area contributed by atoms with Gasteiger partial charge in [0, 0.05) is 14.0 Å². The number of halogens is 4. The van der Waals surface area contributed by atoms with Gasteiger partial charge in [-0.2, -0.15) is 0 Å². The largest absolute Gasteiger partial charge is 0.0839 e. The lowest BCUT2D eigenvalue weighted by molar-refractivity contribution is 1.19. The Hall–Kier alpha value is -0.350. The number of alkyl halides is 1. The fourth-order valence-electron chi connectivity index (χ4n) is 2.38. The van der Waals surface area contributed by atoms with E-state index in [4.69, 9.17) is 11.6 Å². The van der Waals surface area contributed by atoms with Gasteiger partial charge in [-0.3, -0.25) is 0 Å². The SMILES string of the molecule is Clc1cc(Br)ccc1C(Br)c1ccc(Br)c2ccccc12. The summed E-state index contributed by atoms with van der Waals surface area (Å²) in [4.78, 5) is 0.0519. The molecule has 3 rings (SSSR count). The second-order valence-electron chi connectivity index (χ2n) is 4.71. The minimum absolute atomic E-state index is 0.0519. The first-order chi connectivity index (χ1) is 10.1. The van der Waals surface area contributed by atoms with E-state index in [2.05, 4.69) is 78.1 Å². The van der Waals surface area contributed by atoms with E-state index < -0.39 is 0 Å². The van der Waals surface area contributed by atoms with E-state index in [1.54, 1.807) is 0 Å². The summed E-state index contributed by atoms with van der Waals surface area (Å²) in [5.41, 5.74) is 2.27. The molecule has 0 aliphatic heterocycles. The van der Waals surface area contributed by atoms with Crippen molar-refractivity contribution < 1.29 is 0 Å². The monoisotopic (exact) mass is 486 g/mol. The van der Waals surface area contributed by atoms with Gasteiger partial charge in [-0.05, 0) is 40.1 Å². The highest BCUT2D eigenvalue weighted by molar-refractivity contribution is 9.11. The number of benzene rings is 3. The molecule has 0 aliphatic carbocycles. The molecule has 21 heavy (non-hydrogen) atoms. The maximum Gasteiger partial charge on any atom is 0.0665 e. The van der Waals surface area contributed by atoms with Crippen LogP contribution in [0.1, 0.15) is 16.0 Å². The number of hydrogen-bond acceptors (Lipinski definition) is 0. The molecule has 4 heteroatoms. The first-order valence-electron chi connectivity index (χ1n) is 6.34. The van der Waals surface area contributed by atoms with Crippen molar-refractivity contribution in [2.24, 2.45) is 0 Å². The summed E-state index contributed by atoms with van der Waals surface area (Å²) in [5, 5.41) is 3.17. The van der Waals surface area contributed by atoms with Crippen LogP contribution in [0.15, 0.2) is 63.5 Å². The van der Waals surface area contributed by atoms with Crippen LogP contribution in [0, 0.1) is 0 Å². The topological polar surface area (TPSA) is 0 Å². The summed E-state index contributed by atoms with van der Waals surface area (Å²) >= 11 is 17.2. The third kappa shape index (κ3) is 3.07. The van der Waals surface area contributed by atoms with Gasteiger partial charge >= 0.3 is 0 Å². The molecule has 0 saturated carbocycles. The Bertz CT molecular complexity index is 814. The average molecular weight is 489 g/mol. The molecule has 0 nitrogen and oxygen atoms in total. The second-order valence-corrected chi connectivity index (χ2v) is 7.80. The van der Waals surface area contributed by atoms with Crippen LogP contribution in [0.2, 0.25) is 5.02 Å². The van der Waals surface area contributed by atoms with E-state index >= 15 is 0 Å². The number of hydrogen-bond donors (Lipinski definition) is 0. The first-order valence-corrected chi connectivity index (χ1v) is 9.22. The lowest BCUT2D eigenvalue weighted by Crippen LogP contribution is -1.95. The molecule has 3 aromatic rings. The smallest absolute Gasteiger partial charge is 0.0665 e. The van der Waals surface area contributed by atoms with Gasteiger partial charge in [-0.1, -0.05) is 95.8 Å². The van der Waals surface area contributed by atoms with E-state index in [1.165, 1.54) is 16.3 Å². The highest BCUT2D eigenvalue weighted by Gasteiger charge is 2.17. The minimum Gasteiger partial charge on any atom is -0.0839 e. The molecule has 106 valence electrons. The van der Waals surface area contributed by atoms with E-state index in [0.29, 0.717) is 0 Å². The van der Waals surface area contributed by atoms with Crippen molar-refractivity contribution in [1.82, 2.24) is 0 Å². The van der Waals surface area contributed by atoms with Crippen LogP contribution in [0.25, 0.3) is 10.8 Å². The maximum atomic E-state index is 6.39. The Morgan fingerprint density at radius 1 is 0.810 bits per heavy atom. The van der Waals surface area contributed by atoms with Gasteiger partial charge in [-0.25, -0.2) is 0 Å². The molecule has 0 saturated heterocycles. The molecule has 0 fully saturated rings. The molecule has 0 N–H and O–H groups in total. The molecule has 0 bridgehead atoms. The zero-order valence-electron chi connectivity index (χ0n) is 10.8. The average Bonchev–Trinajstić information content (AvgIpc) is 2.47. The van der Waals surface area contributed by atoms with E-state index in [-0.39, 0.29) is 4.83 Å². The van der Waals surface area contributed by atoms with E-state index in [0.717, 1.165) is 19.5 Å². The fourth-order valence-corrected chi connectivity index (χ4v) is 4.57. The predicted octanol–water partition coefficient (Wildman–Crippen LogP) is 7.50.